The van der Waals surface area contributed by atoms with Gasteiger partial charge in [0, 0.05) is 16.2 Å². The molecule has 2 atom stereocenters. The number of thiophene rings is 1. The number of carboxylic acids is 1. The van der Waals surface area contributed by atoms with Gasteiger partial charge in [0.1, 0.15) is 17.1 Å². The molecule has 0 radical (unpaired) electrons. The second-order valence-electron chi connectivity index (χ2n) is 5.19. The van der Waals surface area contributed by atoms with Gasteiger partial charge >= 0.3 is 5.97 Å². The SMILES string of the molecule is O=C(Cc1cccs1)NC1C(=O)N2C(C(=O)O)=C(C(F)F)CS[C@H]12. The molecule has 1 unspecified atom stereocenters. The van der Waals surface area contributed by atoms with Gasteiger partial charge in [-0.2, -0.15) is 0 Å². The third-order valence-corrected chi connectivity index (χ3v) is 5.87. The van der Waals surface area contributed by atoms with Crippen LogP contribution in [0, 0.1) is 0 Å². The summed E-state index contributed by atoms with van der Waals surface area (Å²) >= 11 is 2.43. The first-order valence-electron chi connectivity index (χ1n) is 6.91. The Balaban J connectivity index is 1.72. The van der Waals surface area contributed by atoms with Crippen LogP contribution in [0.3, 0.4) is 0 Å². The van der Waals surface area contributed by atoms with E-state index in [9.17, 15) is 23.2 Å². The Morgan fingerprint density at radius 2 is 2.21 bits per heavy atom. The average Bonchev–Trinajstić information content (AvgIpc) is 3.03. The first kappa shape index (κ1) is 16.9. The fourth-order valence-corrected chi connectivity index (χ4v) is 4.66. The van der Waals surface area contributed by atoms with E-state index < -0.39 is 41.0 Å². The predicted molar refractivity (Wildman–Crippen MR) is 83.7 cm³/mol. The Hall–Kier alpha value is -1.94. The van der Waals surface area contributed by atoms with Crippen molar-refractivity contribution in [1.29, 1.82) is 0 Å². The molecule has 6 nitrogen and oxygen atoms in total. The standard InChI is InChI=1S/C14H12F2N2O4S2/c15-11(16)7-5-24-13-9(12(20)18(13)10(7)14(21)22)17-8(19)4-6-2-1-3-23-6/h1-3,9,11,13H,4-5H2,(H,17,19)(H,21,22)/t9?,13-/m1/s1. The second-order valence-corrected chi connectivity index (χ2v) is 7.33. The van der Waals surface area contributed by atoms with Gasteiger partial charge in [-0.25, -0.2) is 13.6 Å². The molecule has 3 rings (SSSR count). The minimum Gasteiger partial charge on any atom is -0.477 e. The van der Waals surface area contributed by atoms with E-state index in [1.807, 2.05) is 5.38 Å². The molecule has 0 bridgehead atoms. The number of halogens is 2. The van der Waals surface area contributed by atoms with Crippen molar-refractivity contribution >= 4 is 40.9 Å². The summed E-state index contributed by atoms with van der Waals surface area (Å²) < 4.78 is 25.9. The zero-order valence-corrected chi connectivity index (χ0v) is 13.7. The van der Waals surface area contributed by atoms with Crippen molar-refractivity contribution in [2.45, 2.75) is 24.3 Å². The molecule has 0 saturated carbocycles. The molecule has 1 aromatic rings. The Morgan fingerprint density at radius 3 is 2.79 bits per heavy atom. The fourth-order valence-electron chi connectivity index (χ4n) is 2.61. The number of nitrogens with one attached hydrogen (secondary N) is 1. The van der Waals surface area contributed by atoms with Crippen molar-refractivity contribution < 1.29 is 28.3 Å². The van der Waals surface area contributed by atoms with Crippen LogP contribution in [0.2, 0.25) is 0 Å². The molecule has 2 amide bonds. The number of aliphatic carboxylic acids is 1. The van der Waals surface area contributed by atoms with Crippen LogP contribution >= 0.6 is 23.1 Å². The summed E-state index contributed by atoms with van der Waals surface area (Å²) in [6.45, 7) is 0. The summed E-state index contributed by atoms with van der Waals surface area (Å²) in [6.07, 6.45) is -2.83. The van der Waals surface area contributed by atoms with Gasteiger partial charge in [0.25, 0.3) is 12.3 Å². The van der Waals surface area contributed by atoms with Gasteiger partial charge in [0.2, 0.25) is 5.91 Å². The molecule has 2 aliphatic rings. The smallest absolute Gasteiger partial charge is 0.352 e. The third-order valence-electron chi connectivity index (χ3n) is 3.70. The first-order chi connectivity index (χ1) is 11.4. The van der Waals surface area contributed by atoms with Crippen LogP contribution in [0.15, 0.2) is 28.8 Å². The lowest BCUT2D eigenvalue weighted by Crippen LogP contribution is -2.70. The van der Waals surface area contributed by atoms with Gasteiger partial charge in [-0.3, -0.25) is 14.5 Å². The first-order valence-corrected chi connectivity index (χ1v) is 8.84. The van der Waals surface area contributed by atoms with E-state index in [4.69, 9.17) is 5.11 Å². The Bertz CT molecular complexity index is 720. The molecule has 3 heterocycles. The van der Waals surface area contributed by atoms with E-state index in [0.717, 1.165) is 21.5 Å². The highest BCUT2D eigenvalue weighted by molar-refractivity contribution is 8.00. The summed E-state index contributed by atoms with van der Waals surface area (Å²) in [5, 5.41) is 12.9. The molecule has 1 fully saturated rings. The summed E-state index contributed by atoms with van der Waals surface area (Å²) in [6, 6.07) is 2.70. The minimum atomic E-state index is -2.94. The van der Waals surface area contributed by atoms with Crippen molar-refractivity contribution in [2.75, 3.05) is 5.75 Å². The maximum absolute atomic E-state index is 13.0. The van der Waals surface area contributed by atoms with Crippen molar-refractivity contribution in [3.05, 3.63) is 33.7 Å². The molecule has 1 saturated heterocycles. The van der Waals surface area contributed by atoms with E-state index in [2.05, 4.69) is 5.32 Å². The Kier molecular flexibility index (Phi) is 4.59. The monoisotopic (exact) mass is 374 g/mol. The molecule has 2 N–H and O–H groups in total. The topological polar surface area (TPSA) is 86.7 Å². The van der Waals surface area contributed by atoms with E-state index in [1.165, 1.54) is 11.3 Å². The van der Waals surface area contributed by atoms with E-state index in [0.29, 0.717) is 0 Å². The molecule has 128 valence electrons. The largest absolute Gasteiger partial charge is 0.477 e. The lowest BCUT2D eigenvalue weighted by atomic mass is 10.0. The van der Waals surface area contributed by atoms with Crippen molar-refractivity contribution in [2.24, 2.45) is 0 Å². The molecular formula is C14H12F2N2O4S2. The predicted octanol–water partition coefficient (Wildman–Crippen LogP) is 1.29. The van der Waals surface area contributed by atoms with Gasteiger partial charge in [0.15, 0.2) is 0 Å². The Morgan fingerprint density at radius 1 is 1.46 bits per heavy atom. The zero-order chi connectivity index (χ0) is 17.4. The second kappa shape index (κ2) is 6.52. The maximum Gasteiger partial charge on any atom is 0.352 e. The number of rotatable bonds is 5. The summed E-state index contributed by atoms with van der Waals surface area (Å²) in [4.78, 5) is 37.1. The highest BCUT2D eigenvalue weighted by atomic mass is 32.2. The van der Waals surface area contributed by atoms with Gasteiger partial charge in [-0.05, 0) is 11.4 Å². The lowest BCUT2D eigenvalue weighted by molar-refractivity contribution is -0.150. The Labute approximate surface area is 143 Å². The number of hydrogen-bond donors (Lipinski definition) is 2. The third kappa shape index (κ3) is 2.91. The summed E-state index contributed by atoms with van der Waals surface area (Å²) in [7, 11) is 0. The van der Waals surface area contributed by atoms with Crippen LogP contribution in [0.25, 0.3) is 0 Å². The van der Waals surface area contributed by atoms with Crippen molar-refractivity contribution in [1.82, 2.24) is 10.2 Å². The molecule has 0 spiro atoms. The van der Waals surface area contributed by atoms with Gasteiger partial charge in [0.05, 0.1) is 6.42 Å². The van der Waals surface area contributed by atoms with Crippen molar-refractivity contribution in [3.8, 4) is 0 Å². The van der Waals surface area contributed by atoms with Crippen LogP contribution in [0.1, 0.15) is 4.88 Å². The van der Waals surface area contributed by atoms with E-state index >= 15 is 0 Å². The van der Waals surface area contributed by atoms with Crippen LogP contribution in [0.4, 0.5) is 8.78 Å². The summed E-state index contributed by atoms with van der Waals surface area (Å²) in [5.74, 6) is -2.79. The number of thioether (sulfide) groups is 1. The lowest BCUT2D eigenvalue weighted by Gasteiger charge is -2.49. The maximum atomic E-state index is 13.0. The minimum absolute atomic E-state index is 0.114. The highest BCUT2D eigenvalue weighted by Crippen LogP contribution is 2.41. The van der Waals surface area contributed by atoms with Crippen LogP contribution < -0.4 is 5.32 Å². The number of carbonyl (C=O) groups excluding carboxylic acids is 2. The van der Waals surface area contributed by atoms with Crippen LogP contribution in [0.5, 0.6) is 0 Å². The van der Waals surface area contributed by atoms with Crippen molar-refractivity contribution in [3.63, 3.8) is 0 Å². The quantitative estimate of drug-likeness (QED) is 0.759. The zero-order valence-electron chi connectivity index (χ0n) is 12.1. The number of amides is 2. The number of carbonyl (C=O) groups is 3. The summed E-state index contributed by atoms with van der Waals surface area (Å²) in [5.41, 5.74) is -1.23. The molecular weight excluding hydrogens is 362 g/mol. The number of carboxylic acid groups (broad SMARTS) is 1. The highest BCUT2D eigenvalue weighted by Gasteiger charge is 2.54. The number of fused-ring (bicyclic) bond motifs is 1. The van der Waals surface area contributed by atoms with Gasteiger partial charge in [-0.15, -0.1) is 23.1 Å². The average molecular weight is 374 g/mol. The number of β-lactam (4-membered cyclic amide) rings is 1. The molecule has 0 aliphatic carbocycles. The van der Waals surface area contributed by atoms with E-state index in [1.54, 1.807) is 12.1 Å². The normalized spacial score (nSPS) is 23.1. The van der Waals surface area contributed by atoms with Gasteiger partial charge < -0.3 is 10.4 Å². The molecule has 10 heteroatoms. The van der Waals surface area contributed by atoms with Gasteiger partial charge in [-0.1, -0.05) is 6.07 Å². The number of alkyl halides is 2. The number of hydrogen-bond acceptors (Lipinski definition) is 5. The fraction of sp³-hybridized carbons (Fsp3) is 0.357. The van der Waals surface area contributed by atoms with E-state index in [-0.39, 0.29) is 18.1 Å². The van der Waals surface area contributed by atoms with Crippen LogP contribution in [-0.2, 0) is 20.8 Å². The number of nitrogens with zero attached hydrogens (tertiary/aromatic N) is 1. The molecule has 0 aromatic carbocycles. The molecule has 2 aliphatic heterocycles. The molecule has 1 aromatic heterocycles. The molecule has 24 heavy (non-hydrogen) atoms. The van der Waals surface area contributed by atoms with Crippen LogP contribution in [-0.4, -0.2) is 51.4 Å².